The molecule has 0 bridgehead atoms. The van der Waals surface area contributed by atoms with E-state index in [0.29, 0.717) is 17.7 Å². The summed E-state index contributed by atoms with van der Waals surface area (Å²) in [4.78, 5) is 22.9. The molecule has 0 aromatic heterocycles. The van der Waals surface area contributed by atoms with E-state index >= 15 is 0 Å². The van der Waals surface area contributed by atoms with Gasteiger partial charge in [-0.05, 0) is 31.0 Å². The molecular formula is C13H20ClN3O2. The van der Waals surface area contributed by atoms with Gasteiger partial charge in [0.1, 0.15) is 0 Å². The highest BCUT2D eigenvalue weighted by Crippen LogP contribution is 2.15. The van der Waals surface area contributed by atoms with Crippen LogP contribution < -0.4 is 16.8 Å². The molecule has 0 saturated carbocycles. The Balaban J connectivity index is 0.00000324. The third kappa shape index (κ3) is 4.89. The fraction of sp³-hybridized carbons (Fsp3) is 0.385. The summed E-state index contributed by atoms with van der Waals surface area (Å²) < 4.78 is 0. The molecule has 0 radical (unpaired) electrons. The second-order valence-electron chi connectivity index (χ2n) is 4.28. The minimum absolute atomic E-state index is 0. The van der Waals surface area contributed by atoms with Crippen LogP contribution in [0.2, 0.25) is 0 Å². The van der Waals surface area contributed by atoms with Crippen LogP contribution in [0.3, 0.4) is 0 Å². The maximum Gasteiger partial charge on any atom is 0.249 e. The van der Waals surface area contributed by atoms with E-state index in [4.69, 9.17) is 11.5 Å². The van der Waals surface area contributed by atoms with Gasteiger partial charge in [-0.2, -0.15) is 0 Å². The van der Waals surface area contributed by atoms with Crippen LogP contribution in [-0.4, -0.2) is 17.9 Å². The maximum absolute atomic E-state index is 11.7. The first-order chi connectivity index (χ1) is 8.45. The lowest BCUT2D eigenvalue weighted by Crippen LogP contribution is -2.35. The lowest BCUT2D eigenvalue weighted by atomic mass is 10.1. The van der Waals surface area contributed by atoms with Crippen molar-refractivity contribution in [1.29, 1.82) is 0 Å². The van der Waals surface area contributed by atoms with E-state index in [1.54, 1.807) is 25.1 Å². The molecule has 0 heterocycles. The maximum atomic E-state index is 11.7. The Bertz CT molecular complexity index is 463. The van der Waals surface area contributed by atoms with Crippen LogP contribution in [0.5, 0.6) is 0 Å². The number of amides is 2. The molecule has 0 fully saturated rings. The second kappa shape index (κ2) is 7.76. The van der Waals surface area contributed by atoms with Gasteiger partial charge in [-0.1, -0.05) is 19.4 Å². The quantitative estimate of drug-likeness (QED) is 0.766. The van der Waals surface area contributed by atoms with Crippen LogP contribution in [0, 0.1) is 6.92 Å². The van der Waals surface area contributed by atoms with Crippen molar-refractivity contribution in [1.82, 2.24) is 0 Å². The number of anilines is 1. The van der Waals surface area contributed by atoms with Crippen molar-refractivity contribution in [2.75, 3.05) is 5.32 Å². The number of primary amides is 1. The van der Waals surface area contributed by atoms with E-state index in [1.807, 2.05) is 6.92 Å². The van der Waals surface area contributed by atoms with Crippen molar-refractivity contribution in [3.05, 3.63) is 29.3 Å². The smallest absolute Gasteiger partial charge is 0.249 e. The molecule has 0 saturated heterocycles. The van der Waals surface area contributed by atoms with E-state index in [-0.39, 0.29) is 18.3 Å². The molecule has 1 rings (SSSR count). The number of hydrogen-bond donors (Lipinski definition) is 3. The Kier molecular flexibility index (Phi) is 7.11. The van der Waals surface area contributed by atoms with Gasteiger partial charge in [-0.3, -0.25) is 9.59 Å². The van der Waals surface area contributed by atoms with Crippen molar-refractivity contribution in [2.24, 2.45) is 11.5 Å². The molecule has 0 spiro atoms. The third-order valence-electron chi connectivity index (χ3n) is 2.71. The normalized spacial score (nSPS) is 11.3. The van der Waals surface area contributed by atoms with Gasteiger partial charge in [0.2, 0.25) is 11.8 Å². The van der Waals surface area contributed by atoms with Crippen LogP contribution >= 0.6 is 12.4 Å². The Morgan fingerprint density at radius 2 is 2.00 bits per heavy atom. The average Bonchev–Trinajstić information content (AvgIpc) is 2.31. The number of nitrogens with one attached hydrogen (secondary N) is 1. The summed E-state index contributed by atoms with van der Waals surface area (Å²) in [5.41, 5.74) is 12.7. The molecule has 0 aliphatic heterocycles. The van der Waals surface area contributed by atoms with E-state index in [0.717, 1.165) is 12.0 Å². The average molecular weight is 286 g/mol. The summed E-state index contributed by atoms with van der Waals surface area (Å²) in [5, 5.41) is 2.68. The number of nitrogens with two attached hydrogens (primary N) is 2. The zero-order chi connectivity index (χ0) is 13.7. The molecule has 1 unspecified atom stereocenters. The van der Waals surface area contributed by atoms with E-state index in [2.05, 4.69) is 5.32 Å². The standard InChI is InChI=1S/C13H19N3O2.ClH/c1-3-4-11(14)13(18)16-9-6-5-8(2)10(7-9)12(15)17;/h5-7,11H,3-4,14H2,1-2H3,(H2,15,17)(H,16,18);1H. The highest BCUT2D eigenvalue weighted by molar-refractivity contribution is 5.98. The van der Waals surface area contributed by atoms with Crippen molar-refractivity contribution < 1.29 is 9.59 Å². The van der Waals surface area contributed by atoms with Gasteiger partial charge in [-0.15, -0.1) is 12.4 Å². The molecular weight excluding hydrogens is 266 g/mol. The summed E-state index contributed by atoms with van der Waals surface area (Å²) >= 11 is 0. The van der Waals surface area contributed by atoms with Crippen LogP contribution in [0.15, 0.2) is 18.2 Å². The number of benzene rings is 1. The molecule has 1 aromatic carbocycles. The molecule has 0 aliphatic rings. The number of carbonyl (C=O) groups is 2. The van der Waals surface area contributed by atoms with Crippen molar-refractivity contribution >= 4 is 29.9 Å². The number of rotatable bonds is 5. The largest absolute Gasteiger partial charge is 0.366 e. The molecule has 0 aliphatic carbocycles. The van der Waals surface area contributed by atoms with Gasteiger partial charge in [0.25, 0.3) is 0 Å². The lowest BCUT2D eigenvalue weighted by Gasteiger charge is -2.12. The topological polar surface area (TPSA) is 98.2 Å². The first-order valence-corrected chi connectivity index (χ1v) is 5.92. The van der Waals surface area contributed by atoms with Crippen LogP contribution in [-0.2, 0) is 4.79 Å². The van der Waals surface area contributed by atoms with Crippen LogP contribution in [0.1, 0.15) is 35.7 Å². The summed E-state index contributed by atoms with van der Waals surface area (Å²) in [6.45, 7) is 3.75. The van der Waals surface area contributed by atoms with Crippen molar-refractivity contribution in [3.8, 4) is 0 Å². The molecule has 1 aromatic rings. The predicted octanol–water partition coefficient (Wildman–Crippen LogP) is 1.58. The van der Waals surface area contributed by atoms with Gasteiger partial charge in [-0.25, -0.2) is 0 Å². The number of carbonyl (C=O) groups excluding carboxylic acids is 2. The SMILES string of the molecule is CCCC(N)C(=O)Nc1ccc(C)c(C(N)=O)c1.Cl. The molecule has 5 N–H and O–H groups in total. The highest BCUT2D eigenvalue weighted by Gasteiger charge is 2.13. The molecule has 6 heteroatoms. The minimum atomic E-state index is -0.534. The fourth-order valence-electron chi connectivity index (χ4n) is 1.64. The monoisotopic (exact) mass is 285 g/mol. The van der Waals surface area contributed by atoms with Gasteiger partial charge in [0.15, 0.2) is 0 Å². The van der Waals surface area contributed by atoms with Crippen LogP contribution in [0.4, 0.5) is 5.69 Å². The highest BCUT2D eigenvalue weighted by atomic mass is 35.5. The summed E-state index contributed by atoms with van der Waals surface area (Å²) in [6, 6.07) is 4.49. The molecule has 1 atom stereocenters. The van der Waals surface area contributed by atoms with Crippen LogP contribution in [0.25, 0.3) is 0 Å². The van der Waals surface area contributed by atoms with E-state index in [1.165, 1.54) is 0 Å². The molecule has 5 nitrogen and oxygen atoms in total. The summed E-state index contributed by atoms with van der Waals surface area (Å²) in [6.07, 6.45) is 1.47. The third-order valence-corrected chi connectivity index (χ3v) is 2.71. The van der Waals surface area contributed by atoms with Crippen molar-refractivity contribution in [3.63, 3.8) is 0 Å². The van der Waals surface area contributed by atoms with E-state index in [9.17, 15) is 9.59 Å². The Labute approximate surface area is 119 Å². The Morgan fingerprint density at radius 3 is 2.53 bits per heavy atom. The molecule has 2 amide bonds. The Hall–Kier alpha value is -1.59. The van der Waals surface area contributed by atoms with Gasteiger partial charge in [0, 0.05) is 11.3 Å². The predicted molar refractivity (Wildman–Crippen MR) is 78.5 cm³/mol. The number of halogens is 1. The molecule has 106 valence electrons. The van der Waals surface area contributed by atoms with Gasteiger partial charge < -0.3 is 16.8 Å². The first kappa shape index (κ1) is 17.4. The van der Waals surface area contributed by atoms with Gasteiger partial charge >= 0.3 is 0 Å². The Morgan fingerprint density at radius 1 is 1.37 bits per heavy atom. The summed E-state index contributed by atoms with van der Waals surface area (Å²) in [5.74, 6) is -0.766. The minimum Gasteiger partial charge on any atom is -0.366 e. The molecule has 19 heavy (non-hydrogen) atoms. The summed E-state index contributed by atoms with van der Waals surface area (Å²) in [7, 11) is 0. The zero-order valence-electron chi connectivity index (χ0n) is 11.1. The second-order valence-corrected chi connectivity index (χ2v) is 4.28. The first-order valence-electron chi connectivity index (χ1n) is 5.92. The van der Waals surface area contributed by atoms with Gasteiger partial charge in [0.05, 0.1) is 6.04 Å². The van der Waals surface area contributed by atoms with Crippen molar-refractivity contribution in [2.45, 2.75) is 32.7 Å². The zero-order valence-corrected chi connectivity index (χ0v) is 11.9. The number of aryl methyl sites for hydroxylation is 1. The lowest BCUT2D eigenvalue weighted by molar-refractivity contribution is -0.117. The number of hydrogen-bond acceptors (Lipinski definition) is 3. The van der Waals surface area contributed by atoms with E-state index < -0.39 is 11.9 Å². The fourth-order valence-corrected chi connectivity index (χ4v) is 1.64.